The number of likely N-dealkylation sites (N-methyl/N-ethyl adjacent to an activating group) is 1. The van der Waals surface area contributed by atoms with Crippen molar-refractivity contribution in [1.82, 2.24) is 9.21 Å². The monoisotopic (exact) mass is 393 g/mol. The zero-order chi connectivity index (χ0) is 18.9. The van der Waals surface area contributed by atoms with Gasteiger partial charge in [-0.15, -0.1) is 11.3 Å². The molecule has 1 N–H and O–H groups in total. The summed E-state index contributed by atoms with van der Waals surface area (Å²) in [4.78, 5) is 16.4. The number of thiophene rings is 1. The third-order valence-electron chi connectivity index (χ3n) is 4.60. The number of nitrogens with zero attached hydrogens (tertiary/aromatic N) is 2. The van der Waals surface area contributed by atoms with E-state index < -0.39 is 10.0 Å². The first-order valence-corrected chi connectivity index (χ1v) is 10.7. The van der Waals surface area contributed by atoms with E-state index >= 15 is 0 Å². The van der Waals surface area contributed by atoms with Crippen LogP contribution in [0.25, 0.3) is 0 Å². The zero-order valence-corrected chi connectivity index (χ0v) is 16.8. The molecular weight excluding hydrogens is 370 g/mol. The summed E-state index contributed by atoms with van der Waals surface area (Å²) in [6, 6.07) is 8.23. The fourth-order valence-corrected chi connectivity index (χ4v) is 5.12. The highest BCUT2D eigenvalue weighted by molar-refractivity contribution is 7.89. The van der Waals surface area contributed by atoms with E-state index in [1.165, 1.54) is 15.6 Å². The highest BCUT2D eigenvalue weighted by atomic mass is 32.2. The van der Waals surface area contributed by atoms with E-state index in [2.05, 4.69) is 10.2 Å². The molecule has 1 aromatic carbocycles. The normalized spacial score (nSPS) is 16.6. The second-order valence-electron chi connectivity index (χ2n) is 6.54. The quantitative estimate of drug-likeness (QED) is 0.867. The van der Waals surface area contributed by atoms with Crippen LogP contribution in [0.15, 0.2) is 35.2 Å². The Morgan fingerprint density at radius 2 is 1.69 bits per heavy atom. The summed E-state index contributed by atoms with van der Waals surface area (Å²) in [7, 11) is -1.50. The van der Waals surface area contributed by atoms with Crippen molar-refractivity contribution in [1.29, 1.82) is 0 Å². The van der Waals surface area contributed by atoms with Gasteiger partial charge >= 0.3 is 0 Å². The van der Waals surface area contributed by atoms with Crippen molar-refractivity contribution in [2.75, 3.05) is 38.5 Å². The molecule has 1 aliphatic heterocycles. The second kappa shape index (κ2) is 7.48. The Hall–Kier alpha value is -1.74. The smallest absolute Gasteiger partial charge is 0.265 e. The number of hydrogen-bond donors (Lipinski definition) is 1. The Morgan fingerprint density at radius 1 is 1.08 bits per heavy atom. The standard InChI is InChI=1S/C18H23N3O3S2/c1-13-12-17(25-14(13)2)18(22)19-15-4-6-16(7-5-15)26(23,24)21-10-8-20(3)9-11-21/h4-7,12H,8-11H2,1-3H3,(H,19,22). The maximum Gasteiger partial charge on any atom is 0.265 e. The van der Waals surface area contributed by atoms with E-state index in [0.29, 0.717) is 23.7 Å². The molecule has 1 amide bonds. The molecule has 0 saturated carbocycles. The second-order valence-corrected chi connectivity index (χ2v) is 9.73. The number of aryl methyl sites for hydroxylation is 2. The zero-order valence-electron chi connectivity index (χ0n) is 15.2. The van der Waals surface area contributed by atoms with Crippen molar-refractivity contribution in [3.8, 4) is 0 Å². The van der Waals surface area contributed by atoms with E-state index in [4.69, 9.17) is 0 Å². The van der Waals surface area contributed by atoms with E-state index in [1.807, 2.05) is 27.0 Å². The van der Waals surface area contributed by atoms with Gasteiger partial charge in [-0.05, 0) is 56.8 Å². The van der Waals surface area contributed by atoms with Gasteiger partial charge in [-0.3, -0.25) is 4.79 Å². The maximum absolute atomic E-state index is 12.7. The van der Waals surface area contributed by atoms with Crippen molar-refractivity contribution in [2.24, 2.45) is 0 Å². The topological polar surface area (TPSA) is 69.7 Å². The molecule has 0 bridgehead atoms. The molecule has 0 spiro atoms. The summed E-state index contributed by atoms with van der Waals surface area (Å²) >= 11 is 1.45. The Balaban J connectivity index is 1.71. The van der Waals surface area contributed by atoms with Gasteiger partial charge in [-0.1, -0.05) is 0 Å². The lowest BCUT2D eigenvalue weighted by Crippen LogP contribution is -2.46. The summed E-state index contributed by atoms with van der Waals surface area (Å²) in [6.45, 7) is 6.40. The SMILES string of the molecule is Cc1cc(C(=O)Nc2ccc(S(=O)(=O)N3CCN(C)CC3)cc2)sc1C. The first-order valence-electron chi connectivity index (χ1n) is 8.44. The molecule has 0 radical (unpaired) electrons. The summed E-state index contributed by atoms with van der Waals surface area (Å²) < 4.78 is 26.9. The van der Waals surface area contributed by atoms with Crippen LogP contribution >= 0.6 is 11.3 Å². The van der Waals surface area contributed by atoms with Gasteiger partial charge in [0.2, 0.25) is 10.0 Å². The maximum atomic E-state index is 12.7. The summed E-state index contributed by atoms with van der Waals surface area (Å²) in [5, 5.41) is 2.82. The van der Waals surface area contributed by atoms with Crippen LogP contribution in [0.3, 0.4) is 0 Å². The van der Waals surface area contributed by atoms with Gasteiger partial charge in [-0.2, -0.15) is 4.31 Å². The van der Waals surface area contributed by atoms with E-state index in [0.717, 1.165) is 23.5 Å². The summed E-state index contributed by atoms with van der Waals surface area (Å²) in [6.07, 6.45) is 0. The van der Waals surface area contributed by atoms with E-state index in [-0.39, 0.29) is 10.8 Å². The minimum atomic E-state index is -3.49. The molecule has 6 nitrogen and oxygen atoms in total. The van der Waals surface area contributed by atoms with Crippen LogP contribution in [0.5, 0.6) is 0 Å². The van der Waals surface area contributed by atoms with Crippen LogP contribution in [0.1, 0.15) is 20.1 Å². The number of anilines is 1. The third-order valence-corrected chi connectivity index (χ3v) is 7.67. The molecule has 0 atom stereocenters. The highest BCUT2D eigenvalue weighted by Gasteiger charge is 2.27. The first kappa shape index (κ1) is 19.0. The van der Waals surface area contributed by atoms with E-state index in [9.17, 15) is 13.2 Å². The first-order chi connectivity index (χ1) is 12.3. The van der Waals surface area contributed by atoms with Gasteiger partial charge < -0.3 is 10.2 Å². The number of piperazine rings is 1. The van der Waals surface area contributed by atoms with Crippen LogP contribution in [0.4, 0.5) is 5.69 Å². The lowest BCUT2D eigenvalue weighted by atomic mass is 10.2. The molecule has 8 heteroatoms. The molecule has 0 unspecified atom stereocenters. The number of amides is 1. The predicted molar refractivity (Wildman–Crippen MR) is 104 cm³/mol. The van der Waals surface area contributed by atoms with Crippen LogP contribution in [0, 0.1) is 13.8 Å². The lowest BCUT2D eigenvalue weighted by Gasteiger charge is -2.31. The van der Waals surface area contributed by atoms with Crippen LogP contribution in [0.2, 0.25) is 0 Å². The molecule has 26 heavy (non-hydrogen) atoms. The van der Waals surface area contributed by atoms with Crippen LogP contribution in [-0.4, -0.2) is 56.8 Å². The average Bonchev–Trinajstić information content (AvgIpc) is 2.95. The minimum absolute atomic E-state index is 0.180. The average molecular weight is 394 g/mol. The fraction of sp³-hybridized carbons (Fsp3) is 0.389. The highest BCUT2D eigenvalue weighted by Crippen LogP contribution is 2.23. The number of sulfonamides is 1. The molecule has 1 aromatic heterocycles. The van der Waals surface area contributed by atoms with Crippen LogP contribution in [-0.2, 0) is 10.0 Å². The van der Waals surface area contributed by atoms with Gasteiger partial charge in [0.1, 0.15) is 0 Å². The molecule has 3 rings (SSSR count). The Bertz CT molecular complexity index is 877. The van der Waals surface area contributed by atoms with Gasteiger partial charge in [0.15, 0.2) is 0 Å². The van der Waals surface area contributed by atoms with Crippen molar-refractivity contribution in [3.63, 3.8) is 0 Å². The van der Waals surface area contributed by atoms with Gasteiger partial charge in [0.25, 0.3) is 5.91 Å². The number of carbonyl (C=O) groups is 1. The van der Waals surface area contributed by atoms with Crippen molar-refractivity contribution >= 4 is 33.0 Å². The van der Waals surface area contributed by atoms with E-state index in [1.54, 1.807) is 24.3 Å². The lowest BCUT2D eigenvalue weighted by molar-refractivity contribution is 0.103. The summed E-state index contributed by atoms with van der Waals surface area (Å²) in [5.74, 6) is -0.180. The molecule has 140 valence electrons. The summed E-state index contributed by atoms with van der Waals surface area (Å²) in [5.41, 5.74) is 1.67. The number of hydrogen-bond acceptors (Lipinski definition) is 5. The van der Waals surface area contributed by atoms with Crippen LogP contribution < -0.4 is 5.32 Å². The molecule has 1 saturated heterocycles. The molecule has 1 fully saturated rings. The molecular formula is C18H23N3O3S2. The fourth-order valence-electron chi connectivity index (χ4n) is 2.77. The minimum Gasteiger partial charge on any atom is -0.321 e. The predicted octanol–water partition coefficient (Wildman–Crippen LogP) is 2.55. The molecule has 2 heterocycles. The number of rotatable bonds is 4. The molecule has 1 aliphatic rings. The molecule has 2 aromatic rings. The Labute approximate surface area is 158 Å². The van der Waals surface area contributed by atoms with Crippen molar-refractivity contribution in [2.45, 2.75) is 18.7 Å². The number of carbonyl (C=O) groups excluding carboxylic acids is 1. The van der Waals surface area contributed by atoms with Gasteiger partial charge in [0, 0.05) is 36.7 Å². The Kier molecular flexibility index (Phi) is 5.47. The van der Waals surface area contributed by atoms with Crippen molar-refractivity contribution in [3.05, 3.63) is 45.6 Å². The van der Waals surface area contributed by atoms with Crippen molar-refractivity contribution < 1.29 is 13.2 Å². The molecule has 0 aliphatic carbocycles. The van der Waals surface area contributed by atoms with Gasteiger partial charge in [0.05, 0.1) is 9.77 Å². The number of nitrogens with one attached hydrogen (secondary N) is 1. The number of benzene rings is 1. The largest absolute Gasteiger partial charge is 0.321 e. The Morgan fingerprint density at radius 3 is 2.23 bits per heavy atom. The van der Waals surface area contributed by atoms with Gasteiger partial charge in [-0.25, -0.2) is 8.42 Å². The third kappa shape index (κ3) is 3.98.